The van der Waals surface area contributed by atoms with E-state index in [9.17, 15) is 19.4 Å². The van der Waals surface area contributed by atoms with Gasteiger partial charge in [-0.05, 0) is 83.5 Å². The van der Waals surface area contributed by atoms with E-state index in [1.54, 1.807) is 6.08 Å². The molecule has 0 aliphatic heterocycles. The lowest BCUT2D eigenvalue weighted by Crippen LogP contribution is -2.45. The third-order valence-electron chi connectivity index (χ3n) is 11.7. The average molecular weight is 981 g/mol. The number of carbonyl (C=O) groups excluding carboxylic acids is 1. The number of hydrogen-bond donors (Lipinski definition) is 2. The maximum absolute atomic E-state index is 12.8. The lowest BCUT2D eigenvalue weighted by atomic mass is 10.0. The Labute approximate surface area is 425 Å². The third kappa shape index (κ3) is 52.8. The van der Waals surface area contributed by atoms with Crippen LogP contribution in [0.3, 0.4) is 0 Å². The lowest BCUT2D eigenvalue weighted by Gasteiger charge is -2.29. The second-order valence-corrected chi connectivity index (χ2v) is 21.0. The molecule has 0 aliphatic carbocycles. The summed E-state index contributed by atoms with van der Waals surface area (Å²) in [4.78, 5) is 25.2. The van der Waals surface area contributed by atoms with Crippen molar-refractivity contribution >= 4 is 13.7 Å². The number of amides is 1. The van der Waals surface area contributed by atoms with E-state index in [-0.39, 0.29) is 19.1 Å². The zero-order valence-corrected chi connectivity index (χ0v) is 45.9. The van der Waals surface area contributed by atoms with E-state index in [0.29, 0.717) is 17.4 Å². The van der Waals surface area contributed by atoms with E-state index in [0.717, 1.165) is 96.3 Å². The summed E-state index contributed by atoms with van der Waals surface area (Å²) in [6.45, 7) is 4.43. The minimum absolute atomic E-state index is 0.00483. The Bertz CT molecular complexity index is 1490. The first kappa shape index (κ1) is 66.2. The summed E-state index contributed by atoms with van der Waals surface area (Å²) in [5.74, 6) is -0.207. The summed E-state index contributed by atoms with van der Waals surface area (Å²) >= 11 is 0. The molecule has 3 atom stereocenters. The van der Waals surface area contributed by atoms with Crippen molar-refractivity contribution in [2.45, 2.75) is 225 Å². The van der Waals surface area contributed by atoms with E-state index in [1.807, 2.05) is 27.2 Å². The van der Waals surface area contributed by atoms with Crippen molar-refractivity contribution in [3.05, 3.63) is 109 Å². The fraction of sp³-hybridized carbons (Fsp3) is 0.683. The van der Waals surface area contributed by atoms with E-state index < -0.39 is 20.0 Å². The molecule has 1 amide bonds. The number of carbonyl (C=O) groups is 1. The number of phosphoric acid groups is 1. The molecule has 396 valence electrons. The molecule has 0 heterocycles. The van der Waals surface area contributed by atoms with Gasteiger partial charge in [-0.2, -0.15) is 0 Å². The van der Waals surface area contributed by atoms with Gasteiger partial charge in [0, 0.05) is 6.42 Å². The standard InChI is InChI=1S/C60H105N2O6P/c1-6-8-10-12-14-15-16-17-18-19-20-21-22-23-24-25-26-27-28-29-30-31-32-33-34-35-36-37-38-39-40-41-42-43-44-45-46-47-48-50-52-54-60(64)61-58(59(63)53-51-49-13-11-9-7-2)57-68-69(65,66)67-56-55-62(3,4)5/h8,10,14-15,17-18,20-21,23-24,26-27,29-30,32-33,51,53,58-59,63H,6-7,9,11-13,16,19,22,25,28,31,34-50,52,54-57H2,1-5H3,(H-,61,64,65,66)/b10-8-,15-14-,18-17-,21-20-,24-23-,27-26-,30-29-,33-32-,53-51+. The fourth-order valence-electron chi connectivity index (χ4n) is 7.40. The van der Waals surface area contributed by atoms with Crippen molar-refractivity contribution in [3.8, 4) is 0 Å². The van der Waals surface area contributed by atoms with Gasteiger partial charge in [0.15, 0.2) is 0 Å². The number of rotatable bonds is 49. The number of nitrogens with one attached hydrogen (secondary N) is 1. The van der Waals surface area contributed by atoms with E-state index in [2.05, 4.69) is 116 Å². The molecular weight excluding hydrogens is 876 g/mol. The quantitative estimate of drug-likeness (QED) is 0.0272. The second-order valence-electron chi connectivity index (χ2n) is 19.6. The Morgan fingerprint density at radius 1 is 0.522 bits per heavy atom. The molecule has 9 heteroatoms. The minimum Gasteiger partial charge on any atom is -0.756 e. The minimum atomic E-state index is -4.58. The van der Waals surface area contributed by atoms with Crippen molar-refractivity contribution in [2.24, 2.45) is 0 Å². The molecule has 0 saturated carbocycles. The number of quaternary nitrogens is 1. The van der Waals surface area contributed by atoms with Gasteiger partial charge < -0.3 is 28.8 Å². The van der Waals surface area contributed by atoms with Gasteiger partial charge >= 0.3 is 0 Å². The zero-order valence-electron chi connectivity index (χ0n) is 45.0. The normalized spacial score (nSPS) is 14.8. The molecular formula is C60H105N2O6P. The molecule has 69 heavy (non-hydrogen) atoms. The van der Waals surface area contributed by atoms with Crippen LogP contribution in [0.2, 0.25) is 0 Å². The topological polar surface area (TPSA) is 108 Å². The number of aliphatic hydroxyl groups excluding tert-OH is 1. The highest BCUT2D eigenvalue weighted by Crippen LogP contribution is 2.38. The molecule has 2 N–H and O–H groups in total. The molecule has 3 unspecified atom stereocenters. The molecule has 0 aromatic heterocycles. The monoisotopic (exact) mass is 981 g/mol. The van der Waals surface area contributed by atoms with E-state index in [4.69, 9.17) is 9.05 Å². The zero-order chi connectivity index (χ0) is 50.6. The van der Waals surface area contributed by atoms with Crippen LogP contribution >= 0.6 is 7.82 Å². The molecule has 0 radical (unpaired) electrons. The van der Waals surface area contributed by atoms with Crippen molar-refractivity contribution in [2.75, 3.05) is 40.9 Å². The van der Waals surface area contributed by atoms with Gasteiger partial charge in [0.1, 0.15) is 13.2 Å². The van der Waals surface area contributed by atoms with Gasteiger partial charge in [-0.25, -0.2) is 0 Å². The smallest absolute Gasteiger partial charge is 0.268 e. The number of aliphatic hydroxyl groups is 1. The van der Waals surface area contributed by atoms with Crippen LogP contribution in [-0.4, -0.2) is 68.5 Å². The van der Waals surface area contributed by atoms with Crippen molar-refractivity contribution < 1.29 is 32.9 Å². The average Bonchev–Trinajstić information content (AvgIpc) is 3.31. The SMILES string of the molecule is CC/C=C\C/C=C\C/C=C\C/C=C\C/C=C\C/C=C\C/C=C\C/C=C\CCCCCCCCCCCCCCCCCCC(=O)NC(COP(=O)([O-])OCC[N+](C)(C)C)C(O)/C=C/CCCCCC. The molecule has 0 fully saturated rings. The third-order valence-corrected chi connectivity index (χ3v) is 12.7. The van der Waals surface area contributed by atoms with Crippen LogP contribution in [0.25, 0.3) is 0 Å². The molecule has 0 saturated heterocycles. The molecule has 0 aliphatic rings. The number of hydrogen-bond acceptors (Lipinski definition) is 6. The predicted molar refractivity (Wildman–Crippen MR) is 297 cm³/mol. The van der Waals surface area contributed by atoms with Gasteiger partial charge in [-0.1, -0.05) is 232 Å². The number of allylic oxidation sites excluding steroid dienone is 17. The Morgan fingerprint density at radius 2 is 0.884 bits per heavy atom. The van der Waals surface area contributed by atoms with Crippen molar-refractivity contribution in [1.29, 1.82) is 0 Å². The summed E-state index contributed by atoms with van der Waals surface area (Å²) in [6, 6.07) is -0.887. The second kappa shape index (κ2) is 50.1. The first-order valence-electron chi connectivity index (χ1n) is 27.7. The fourth-order valence-corrected chi connectivity index (χ4v) is 8.13. The van der Waals surface area contributed by atoms with Gasteiger partial charge in [0.2, 0.25) is 5.91 Å². The Balaban J connectivity index is 3.84. The van der Waals surface area contributed by atoms with Gasteiger partial charge in [0.25, 0.3) is 7.82 Å². The van der Waals surface area contributed by atoms with Gasteiger partial charge in [-0.15, -0.1) is 0 Å². The van der Waals surface area contributed by atoms with Crippen LogP contribution < -0.4 is 10.2 Å². The Morgan fingerprint density at radius 3 is 1.29 bits per heavy atom. The van der Waals surface area contributed by atoms with Crippen molar-refractivity contribution in [3.63, 3.8) is 0 Å². The van der Waals surface area contributed by atoms with Gasteiger partial charge in [0.05, 0.1) is 39.9 Å². The Hall–Kier alpha value is -2.84. The maximum Gasteiger partial charge on any atom is 0.268 e. The molecule has 8 nitrogen and oxygen atoms in total. The first-order valence-corrected chi connectivity index (χ1v) is 29.2. The highest BCUT2D eigenvalue weighted by atomic mass is 31.2. The molecule has 0 aromatic carbocycles. The summed E-state index contributed by atoms with van der Waals surface area (Å²) in [6.07, 6.45) is 73.6. The first-order chi connectivity index (χ1) is 33.5. The Kier molecular flexibility index (Phi) is 48.1. The number of nitrogens with zero attached hydrogens (tertiary/aromatic N) is 1. The van der Waals surface area contributed by atoms with Crippen LogP contribution in [0, 0.1) is 0 Å². The largest absolute Gasteiger partial charge is 0.756 e. The summed E-state index contributed by atoms with van der Waals surface area (Å²) in [5.41, 5.74) is 0. The number of unbranched alkanes of at least 4 members (excludes halogenated alkanes) is 20. The summed E-state index contributed by atoms with van der Waals surface area (Å²) < 4.78 is 23.1. The van der Waals surface area contributed by atoms with Crippen LogP contribution in [0.5, 0.6) is 0 Å². The maximum atomic E-state index is 12.8. The van der Waals surface area contributed by atoms with E-state index >= 15 is 0 Å². The number of likely N-dealkylation sites (N-methyl/N-ethyl adjacent to an activating group) is 1. The van der Waals surface area contributed by atoms with Gasteiger partial charge in [-0.3, -0.25) is 9.36 Å². The predicted octanol–water partition coefficient (Wildman–Crippen LogP) is 16.2. The summed E-state index contributed by atoms with van der Waals surface area (Å²) in [7, 11) is 1.25. The van der Waals surface area contributed by atoms with Crippen LogP contribution in [-0.2, 0) is 18.4 Å². The molecule has 0 aromatic rings. The van der Waals surface area contributed by atoms with Crippen LogP contribution in [0.1, 0.15) is 213 Å². The highest BCUT2D eigenvalue weighted by Gasteiger charge is 2.23. The van der Waals surface area contributed by atoms with Crippen LogP contribution in [0.15, 0.2) is 109 Å². The van der Waals surface area contributed by atoms with Crippen molar-refractivity contribution in [1.82, 2.24) is 5.32 Å². The molecule has 0 rings (SSSR count). The molecule has 0 spiro atoms. The van der Waals surface area contributed by atoms with E-state index in [1.165, 1.54) is 96.3 Å². The number of phosphoric ester groups is 1. The lowest BCUT2D eigenvalue weighted by molar-refractivity contribution is -0.870. The highest BCUT2D eigenvalue weighted by molar-refractivity contribution is 7.45. The van der Waals surface area contributed by atoms with Crippen LogP contribution in [0.4, 0.5) is 0 Å². The summed E-state index contributed by atoms with van der Waals surface area (Å²) in [5, 5.41) is 13.6. The molecule has 0 bridgehead atoms.